The van der Waals surface area contributed by atoms with Gasteiger partial charge in [0.05, 0.1) is 6.20 Å². The average Bonchev–Trinajstić information content (AvgIpc) is 2.76. The van der Waals surface area contributed by atoms with Gasteiger partial charge in [-0.1, -0.05) is 0 Å². The summed E-state index contributed by atoms with van der Waals surface area (Å²) in [6, 6.07) is 5.91. The van der Waals surface area contributed by atoms with E-state index in [9.17, 15) is 9.18 Å². The van der Waals surface area contributed by atoms with Crippen LogP contribution in [0.1, 0.15) is 12.3 Å². The Morgan fingerprint density at radius 3 is 2.71 bits per heavy atom. The third-order valence-electron chi connectivity index (χ3n) is 2.27. The minimum Gasteiger partial charge on any atom is -0.441 e. The third-order valence-corrected chi connectivity index (χ3v) is 2.27. The van der Waals surface area contributed by atoms with Crippen LogP contribution in [-0.4, -0.2) is 10.9 Å². The maximum Gasteiger partial charge on any atom is 0.217 e. The number of nitrogens with zero attached hydrogens (tertiary/aromatic N) is 1. The summed E-state index contributed by atoms with van der Waals surface area (Å²) < 4.78 is 18.1. The molecule has 0 atom stereocenters. The summed E-state index contributed by atoms with van der Waals surface area (Å²) in [4.78, 5) is 14.6. The predicted octanol–water partition coefficient (Wildman–Crippen LogP) is 1.90. The van der Waals surface area contributed by atoms with Crippen LogP contribution in [0.2, 0.25) is 0 Å². The molecule has 1 aromatic heterocycles. The number of hydrogen-bond donors (Lipinski definition) is 1. The second-order valence-corrected chi connectivity index (χ2v) is 3.59. The highest BCUT2D eigenvalue weighted by Gasteiger charge is 2.07. The highest BCUT2D eigenvalue weighted by Crippen LogP contribution is 2.20. The fourth-order valence-corrected chi connectivity index (χ4v) is 1.40. The molecule has 0 saturated carbocycles. The van der Waals surface area contributed by atoms with Gasteiger partial charge in [0.15, 0.2) is 11.7 Å². The van der Waals surface area contributed by atoms with Crippen molar-refractivity contribution in [2.45, 2.75) is 12.8 Å². The van der Waals surface area contributed by atoms with E-state index in [1.165, 1.54) is 12.1 Å². The van der Waals surface area contributed by atoms with Gasteiger partial charge in [-0.3, -0.25) is 4.79 Å². The molecular weight excluding hydrogens is 223 g/mol. The number of aromatic nitrogens is 1. The van der Waals surface area contributed by atoms with Crippen molar-refractivity contribution in [2.24, 2.45) is 5.73 Å². The van der Waals surface area contributed by atoms with Crippen LogP contribution in [0.25, 0.3) is 11.3 Å². The quantitative estimate of drug-likeness (QED) is 0.878. The van der Waals surface area contributed by atoms with Crippen molar-refractivity contribution in [3.05, 3.63) is 42.2 Å². The number of oxazole rings is 1. The van der Waals surface area contributed by atoms with E-state index in [4.69, 9.17) is 10.2 Å². The summed E-state index contributed by atoms with van der Waals surface area (Å²) in [5.41, 5.74) is 5.76. The number of aryl methyl sites for hydroxylation is 1. The first-order valence-electron chi connectivity index (χ1n) is 5.14. The van der Waals surface area contributed by atoms with Crippen molar-refractivity contribution in [1.29, 1.82) is 0 Å². The number of primary amides is 1. The fraction of sp³-hybridized carbons (Fsp3) is 0.167. The molecule has 1 amide bonds. The minimum atomic E-state index is -0.397. The molecule has 2 rings (SSSR count). The Morgan fingerprint density at radius 2 is 2.06 bits per heavy atom. The van der Waals surface area contributed by atoms with Crippen LogP contribution in [0.4, 0.5) is 4.39 Å². The molecule has 4 nitrogen and oxygen atoms in total. The van der Waals surface area contributed by atoms with E-state index in [2.05, 4.69) is 4.98 Å². The van der Waals surface area contributed by atoms with Gasteiger partial charge in [0.25, 0.3) is 0 Å². The number of carbonyl (C=O) groups excluding carboxylic acids is 1. The maximum absolute atomic E-state index is 12.7. The van der Waals surface area contributed by atoms with E-state index >= 15 is 0 Å². The summed E-state index contributed by atoms with van der Waals surface area (Å²) in [5, 5.41) is 0. The fourth-order valence-electron chi connectivity index (χ4n) is 1.40. The van der Waals surface area contributed by atoms with Gasteiger partial charge in [-0.05, 0) is 24.3 Å². The lowest BCUT2D eigenvalue weighted by Gasteiger charge is -1.95. The molecule has 0 radical (unpaired) electrons. The smallest absolute Gasteiger partial charge is 0.217 e. The Morgan fingerprint density at radius 1 is 1.35 bits per heavy atom. The van der Waals surface area contributed by atoms with Crippen LogP contribution in [0, 0.1) is 5.82 Å². The van der Waals surface area contributed by atoms with Gasteiger partial charge in [0.2, 0.25) is 5.91 Å². The number of benzene rings is 1. The standard InChI is InChI=1S/C12H11FN2O2/c13-9-3-1-8(2-4-9)10-7-15-12(17-10)6-5-11(14)16/h1-4,7H,5-6H2,(H2,14,16). The Labute approximate surface area is 97.3 Å². The second-order valence-electron chi connectivity index (χ2n) is 3.59. The Hall–Kier alpha value is -2.17. The number of nitrogens with two attached hydrogens (primary N) is 1. The molecule has 0 saturated heterocycles. The number of hydrogen-bond acceptors (Lipinski definition) is 3. The molecule has 0 aliphatic heterocycles. The summed E-state index contributed by atoms with van der Waals surface area (Å²) in [7, 11) is 0. The third kappa shape index (κ3) is 2.90. The van der Waals surface area contributed by atoms with E-state index in [0.29, 0.717) is 18.1 Å². The highest BCUT2D eigenvalue weighted by atomic mass is 19.1. The second kappa shape index (κ2) is 4.78. The molecule has 2 aromatic rings. The first kappa shape index (κ1) is 11.3. The van der Waals surface area contributed by atoms with Gasteiger partial charge in [-0.25, -0.2) is 9.37 Å². The molecule has 0 aliphatic carbocycles. The average molecular weight is 234 g/mol. The molecule has 0 unspecified atom stereocenters. The van der Waals surface area contributed by atoms with E-state index in [0.717, 1.165) is 5.56 Å². The molecular formula is C12H11FN2O2. The number of amides is 1. The van der Waals surface area contributed by atoms with E-state index in [1.807, 2.05) is 0 Å². The SMILES string of the molecule is NC(=O)CCc1ncc(-c2ccc(F)cc2)o1. The van der Waals surface area contributed by atoms with Crippen LogP contribution >= 0.6 is 0 Å². The van der Waals surface area contributed by atoms with Crippen molar-refractivity contribution in [3.8, 4) is 11.3 Å². The molecule has 0 aliphatic rings. The van der Waals surface area contributed by atoms with Crippen molar-refractivity contribution < 1.29 is 13.6 Å². The summed E-state index contributed by atoms with van der Waals surface area (Å²) in [6.07, 6.45) is 2.11. The van der Waals surface area contributed by atoms with E-state index in [1.54, 1.807) is 18.3 Å². The zero-order valence-electron chi connectivity index (χ0n) is 9.02. The van der Waals surface area contributed by atoms with Gasteiger partial charge in [0, 0.05) is 18.4 Å². The Balaban J connectivity index is 2.12. The minimum absolute atomic E-state index is 0.198. The molecule has 0 bridgehead atoms. The van der Waals surface area contributed by atoms with Gasteiger partial charge >= 0.3 is 0 Å². The molecule has 0 spiro atoms. The first-order chi connectivity index (χ1) is 8.15. The van der Waals surface area contributed by atoms with Crippen molar-refractivity contribution >= 4 is 5.91 Å². The lowest BCUT2D eigenvalue weighted by molar-refractivity contribution is -0.118. The zero-order chi connectivity index (χ0) is 12.3. The van der Waals surface area contributed by atoms with Gasteiger partial charge in [0.1, 0.15) is 5.82 Å². The predicted molar refractivity (Wildman–Crippen MR) is 59.4 cm³/mol. The zero-order valence-corrected chi connectivity index (χ0v) is 9.02. The van der Waals surface area contributed by atoms with Crippen molar-refractivity contribution in [3.63, 3.8) is 0 Å². The number of carbonyl (C=O) groups is 1. The lowest BCUT2D eigenvalue weighted by atomic mass is 10.2. The first-order valence-corrected chi connectivity index (χ1v) is 5.14. The molecule has 1 aromatic carbocycles. The Kier molecular flexibility index (Phi) is 3.18. The maximum atomic E-state index is 12.7. The van der Waals surface area contributed by atoms with Gasteiger partial charge < -0.3 is 10.2 Å². The molecule has 1 heterocycles. The van der Waals surface area contributed by atoms with Gasteiger partial charge in [-0.2, -0.15) is 0 Å². The lowest BCUT2D eigenvalue weighted by Crippen LogP contribution is -2.11. The highest BCUT2D eigenvalue weighted by molar-refractivity contribution is 5.73. The molecule has 2 N–H and O–H groups in total. The number of halogens is 1. The largest absolute Gasteiger partial charge is 0.441 e. The number of rotatable bonds is 4. The molecule has 17 heavy (non-hydrogen) atoms. The monoisotopic (exact) mass is 234 g/mol. The van der Waals surface area contributed by atoms with E-state index in [-0.39, 0.29) is 12.2 Å². The van der Waals surface area contributed by atoms with Gasteiger partial charge in [-0.15, -0.1) is 0 Å². The van der Waals surface area contributed by atoms with Crippen molar-refractivity contribution in [2.75, 3.05) is 0 Å². The summed E-state index contributed by atoms with van der Waals surface area (Å²) in [6.45, 7) is 0. The summed E-state index contributed by atoms with van der Waals surface area (Å²) >= 11 is 0. The molecule has 88 valence electrons. The van der Waals surface area contributed by atoms with Crippen LogP contribution in [-0.2, 0) is 11.2 Å². The molecule has 0 fully saturated rings. The van der Waals surface area contributed by atoms with Crippen LogP contribution in [0.15, 0.2) is 34.9 Å². The summed E-state index contributed by atoms with van der Waals surface area (Å²) in [5.74, 6) is 0.293. The van der Waals surface area contributed by atoms with Crippen LogP contribution in [0.5, 0.6) is 0 Å². The Bertz CT molecular complexity index is 520. The topological polar surface area (TPSA) is 69.1 Å². The van der Waals surface area contributed by atoms with Crippen molar-refractivity contribution in [1.82, 2.24) is 4.98 Å². The van der Waals surface area contributed by atoms with Crippen LogP contribution < -0.4 is 5.73 Å². The van der Waals surface area contributed by atoms with Crippen LogP contribution in [0.3, 0.4) is 0 Å². The molecule has 5 heteroatoms. The van der Waals surface area contributed by atoms with E-state index < -0.39 is 5.91 Å². The normalized spacial score (nSPS) is 10.4.